The lowest BCUT2D eigenvalue weighted by Gasteiger charge is -2.03. The van der Waals surface area contributed by atoms with Crippen LogP contribution >= 0.6 is 0 Å². The second-order valence-electron chi connectivity index (χ2n) is 8.21. The van der Waals surface area contributed by atoms with Gasteiger partial charge in [0.25, 0.3) is 6.01 Å². The van der Waals surface area contributed by atoms with Crippen LogP contribution in [0.25, 0.3) is 39.2 Å². The molecule has 0 aliphatic heterocycles. The van der Waals surface area contributed by atoms with Crippen molar-refractivity contribution >= 4 is 39.7 Å². The number of hydrogen-bond acceptors (Lipinski definition) is 8. The number of anilines is 3. The summed E-state index contributed by atoms with van der Waals surface area (Å²) in [6.45, 7) is 5.94. The van der Waals surface area contributed by atoms with Crippen molar-refractivity contribution in [2.24, 2.45) is 0 Å². The van der Waals surface area contributed by atoms with Crippen molar-refractivity contribution in [1.29, 1.82) is 0 Å². The number of aromatic amines is 1. The first-order valence-corrected chi connectivity index (χ1v) is 10.7. The Bertz CT molecular complexity index is 1670. The zero-order valence-electron chi connectivity index (χ0n) is 18.8. The maximum atomic E-state index is 6.22. The van der Waals surface area contributed by atoms with Gasteiger partial charge in [-0.2, -0.15) is 14.8 Å². The molecule has 4 heterocycles. The molecule has 0 saturated heterocycles. The van der Waals surface area contributed by atoms with Gasteiger partial charge in [0, 0.05) is 17.4 Å². The number of nitrogen functional groups attached to an aromatic ring is 1. The summed E-state index contributed by atoms with van der Waals surface area (Å²) < 4.78 is 7.59. The molecule has 0 bridgehead atoms. The smallest absolute Gasteiger partial charge is 0.300 e. The Labute approximate surface area is 193 Å². The number of hydrogen-bond donors (Lipinski definition) is 3. The van der Waals surface area contributed by atoms with Gasteiger partial charge in [0.1, 0.15) is 29.2 Å². The molecule has 0 atom stereocenters. The predicted molar refractivity (Wildman–Crippen MR) is 130 cm³/mol. The molecule has 2 aromatic carbocycles. The van der Waals surface area contributed by atoms with Crippen LogP contribution in [0.4, 0.5) is 17.5 Å². The number of imidazole rings is 1. The second kappa shape index (κ2) is 7.41. The van der Waals surface area contributed by atoms with Gasteiger partial charge in [0.2, 0.25) is 0 Å². The van der Waals surface area contributed by atoms with Crippen molar-refractivity contribution in [2.75, 3.05) is 11.1 Å². The normalized spacial score (nSPS) is 11.5. The van der Waals surface area contributed by atoms with E-state index in [-0.39, 0.29) is 0 Å². The summed E-state index contributed by atoms with van der Waals surface area (Å²) in [6, 6.07) is 12.3. The number of nitrogens with one attached hydrogen (secondary N) is 2. The monoisotopic (exact) mass is 451 g/mol. The Balaban J connectivity index is 1.37. The van der Waals surface area contributed by atoms with E-state index in [2.05, 4.69) is 36.3 Å². The molecule has 0 unspecified atom stereocenters. The number of nitrogens with two attached hydrogens (primary N) is 1. The maximum Gasteiger partial charge on any atom is 0.300 e. The minimum atomic E-state index is 0.359. The highest BCUT2D eigenvalue weighted by atomic mass is 16.4. The average molecular weight is 451 g/mol. The number of aromatic nitrogens is 7. The van der Waals surface area contributed by atoms with Gasteiger partial charge in [-0.25, -0.2) is 15.0 Å². The number of oxazole rings is 1. The SMILES string of the molecule is Cc1cc(C)c2oc(Nc3ccc(-c4nn(-c5c[nH]c(C)n5)c5ncnc(N)c45)cc3)nc2c1. The maximum absolute atomic E-state index is 6.22. The molecule has 0 amide bonds. The predicted octanol–water partition coefficient (Wildman–Crippen LogP) is 4.60. The Morgan fingerprint density at radius 3 is 2.62 bits per heavy atom. The van der Waals surface area contributed by atoms with Crippen molar-refractivity contribution in [1.82, 2.24) is 34.7 Å². The molecule has 10 nitrogen and oxygen atoms in total. The van der Waals surface area contributed by atoms with Crippen molar-refractivity contribution in [3.8, 4) is 17.1 Å². The molecule has 10 heteroatoms. The van der Waals surface area contributed by atoms with Crippen molar-refractivity contribution in [3.05, 3.63) is 65.9 Å². The third-order valence-electron chi connectivity index (χ3n) is 5.63. The summed E-state index contributed by atoms with van der Waals surface area (Å²) in [5.41, 5.74) is 13.0. The molecule has 0 fully saturated rings. The van der Waals surface area contributed by atoms with Gasteiger partial charge in [-0.3, -0.25) is 0 Å². The standard InChI is InChI=1S/C24H21N9O/c1-12-8-13(2)21-17(9-12)31-24(34-21)30-16-6-4-15(5-7-16)20-19-22(25)27-11-28-23(19)33(32-20)18-10-26-14(3)29-18/h4-11H,1-3H3,(H,26,29)(H,30,31)(H2,25,27,28). The van der Waals surface area contributed by atoms with E-state index in [1.165, 1.54) is 6.33 Å². The quantitative estimate of drug-likeness (QED) is 0.354. The molecule has 6 rings (SSSR count). The fourth-order valence-corrected chi connectivity index (χ4v) is 4.12. The van der Waals surface area contributed by atoms with E-state index in [4.69, 9.17) is 15.2 Å². The summed E-state index contributed by atoms with van der Waals surface area (Å²) >= 11 is 0. The van der Waals surface area contributed by atoms with Gasteiger partial charge in [-0.15, -0.1) is 0 Å². The summed E-state index contributed by atoms with van der Waals surface area (Å²) in [4.78, 5) is 20.7. The molecule has 6 aromatic rings. The molecule has 34 heavy (non-hydrogen) atoms. The van der Waals surface area contributed by atoms with Gasteiger partial charge in [0.15, 0.2) is 17.0 Å². The first-order valence-electron chi connectivity index (χ1n) is 10.7. The minimum absolute atomic E-state index is 0.359. The second-order valence-corrected chi connectivity index (χ2v) is 8.21. The van der Waals surface area contributed by atoms with Crippen LogP contribution in [-0.4, -0.2) is 34.7 Å². The molecule has 0 spiro atoms. The van der Waals surface area contributed by atoms with E-state index in [9.17, 15) is 0 Å². The Hall–Kier alpha value is -4.73. The fraction of sp³-hybridized carbons (Fsp3) is 0.125. The minimum Gasteiger partial charge on any atom is -0.423 e. The van der Waals surface area contributed by atoms with Gasteiger partial charge >= 0.3 is 0 Å². The molecule has 0 aliphatic rings. The first kappa shape index (κ1) is 19.9. The highest BCUT2D eigenvalue weighted by Gasteiger charge is 2.19. The number of nitrogens with zero attached hydrogens (tertiary/aromatic N) is 6. The molecule has 4 aromatic heterocycles. The summed E-state index contributed by atoms with van der Waals surface area (Å²) in [7, 11) is 0. The van der Waals surface area contributed by atoms with Crippen molar-refractivity contribution < 1.29 is 4.42 Å². The molecule has 0 aliphatic carbocycles. The lowest BCUT2D eigenvalue weighted by molar-refractivity contribution is 0.620. The third kappa shape index (κ3) is 3.24. The van der Waals surface area contributed by atoms with E-state index < -0.39 is 0 Å². The average Bonchev–Trinajstić information content (AvgIpc) is 3.51. The summed E-state index contributed by atoms with van der Waals surface area (Å²) in [5.74, 6) is 1.77. The van der Waals surface area contributed by atoms with E-state index in [1.54, 1.807) is 10.9 Å². The first-order chi connectivity index (χ1) is 16.5. The van der Waals surface area contributed by atoms with Crippen LogP contribution in [0.5, 0.6) is 0 Å². The van der Waals surface area contributed by atoms with Crippen LogP contribution in [0.15, 0.2) is 53.3 Å². The van der Waals surface area contributed by atoms with Gasteiger partial charge in [-0.05, 0) is 50.1 Å². The molecule has 0 saturated carbocycles. The molecular weight excluding hydrogens is 430 g/mol. The zero-order valence-corrected chi connectivity index (χ0v) is 18.8. The lowest BCUT2D eigenvalue weighted by Crippen LogP contribution is -1.99. The van der Waals surface area contributed by atoms with Crippen molar-refractivity contribution in [3.63, 3.8) is 0 Å². The van der Waals surface area contributed by atoms with E-state index >= 15 is 0 Å². The summed E-state index contributed by atoms with van der Waals surface area (Å²) in [5, 5.41) is 8.67. The molecule has 0 radical (unpaired) electrons. The Kier molecular flexibility index (Phi) is 4.34. The fourth-order valence-electron chi connectivity index (χ4n) is 4.12. The van der Waals surface area contributed by atoms with E-state index in [1.807, 2.05) is 51.1 Å². The third-order valence-corrected chi connectivity index (χ3v) is 5.63. The largest absolute Gasteiger partial charge is 0.423 e. The van der Waals surface area contributed by atoms with Crippen LogP contribution in [-0.2, 0) is 0 Å². The van der Waals surface area contributed by atoms with Crippen LogP contribution in [0, 0.1) is 20.8 Å². The summed E-state index contributed by atoms with van der Waals surface area (Å²) in [6.07, 6.45) is 3.20. The van der Waals surface area contributed by atoms with Gasteiger partial charge in [-0.1, -0.05) is 18.2 Å². The van der Waals surface area contributed by atoms with Crippen molar-refractivity contribution in [2.45, 2.75) is 20.8 Å². The van der Waals surface area contributed by atoms with E-state index in [0.717, 1.165) is 39.3 Å². The number of benzene rings is 2. The number of aryl methyl sites for hydroxylation is 3. The lowest BCUT2D eigenvalue weighted by atomic mass is 10.1. The van der Waals surface area contributed by atoms with Crippen LogP contribution in [0.3, 0.4) is 0 Å². The van der Waals surface area contributed by atoms with Gasteiger partial charge in [0.05, 0.1) is 5.39 Å². The Morgan fingerprint density at radius 1 is 1.03 bits per heavy atom. The van der Waals surface area contributed by atoms with Crippen LogP contribution < -0.4 is 11.1 Å². The molecular formula is C24H21N9O. The number of H-pyrrole nitrogens is 1. The zero-order chi connectivity index (χ0) is 23.4. The van der Waals surface area contributed by atoms with Crippen LogP contribution in [0.2, 0.25) is 0 Å². The number of fused-ring (bicyclic) bond motifs is 2. The van der Waals surface area contributed by atoms with Gasteiger partial charge < -0.3 is 20.5 Å². The molecule has 168 valence electrons. The topological polar surface area (TPSA) is 136 Å². The van der Waals surface area contributed by atoms with Crippen LogP contribution in [0.1, 0.15) is 17.0 Å². The molecule has 4 N–H and O–H groups in total. The number of rotatable bonds is 4. The Morgan fingerprint density at radius 2 is 1.85 bits per heavy atom. The van der Waals surface area contributed by atoms with E-state index in [0.29, 0.717) is 34.4 Å². The highest BCUT2D eigenvalue weighted by molar-refractivity contribution is 5.99. The highest BCUT2D eigenvalue weighted by Crippen LogP contribution is 2.32.